The molecule has 0 radical (unpaired) electrons. The number of hydrazone groups is 1. The third kappa shape index (κ3) is 11.9. The number of carbonyl (C=O) groups is 1. The topological polar surface area (TPSA) is 84.6 Å². The number of nitro benzene ring substituents is 1. The Bertz CT molecular complexity index is 571. The minimum absolute atomic E-state index is 0.0349. The van der Waals surface area contributed by atoms with Crippen LogP contribution in [-0.2, 0) is 4.79 Å². The molecular formula is C21H33N3O3. The van der Waals surface area contributed by atoms with Crippen LogP contribution >= 0.6 is 0 Å². The van der Waals surface area contributed by atoms with E-state index >= 15 is 0 Å². The van der Waals surface area contributed by atoms with Crippen molar-refractivity contribution in [2.45, 2.75) is 84.0 Å². The van der Waals surface area contributed by atoms with Gasteiger partial charge in [0.25, 0.3) is 5.69 Å². The highest BCUT2D eigenvalue weighted by Gasteiger charge is 2.03. The molecule has 0 aromatic heterocycles. The van der Waals surface area contributed by atoms with Crippen LogP contribution < -0.4 is 5.43 Å². The number of hydrogen-bond donors (Lipinski definition) is 1. The summed E-state index contributed by atoms with van der Waals surface area (Å²) in [6.07, 6.45) is 15.8. The molecule has 0 unspecified atom stereocenters. The molecule has 1 N–H and O–H groups in total. The van der Waals surface area contributed by atoms with E-state index < -0.39 is 4.92 Å². The Morgan fingerprint density at radius 1 is 0.963 bits per heavy atom. The first kappa shape index (κ1) is 22.8. The van der Waals surface area contributed by atoms with Crippen molar-refractivity contribution < 1.29 is 9.72 Å². The third-order valence-corrected chi connectivity index (χ3v) is 4.51. The van der Waals surface area contributed by atoms with Crippen LogP contribution in [0.4, 0.5) is 5.69 Å². The molecule has 150 valence electrons. The van der Waals surface area contributed by atoms with Crippen LogP contribution in [-0.4, -0.2) is 17.0 Å². The van der Waals surface area contributed by atoms with Crippen molar-refractivity contribution in [3.63, 3.8) is 0 Å². The molecule has 0 atom stereocenters. The molecule has 0 fully saturated rings. The van der Waals surface area contributed by atoms with Gasteiger partial charge in [0.1, 0.15) is 0 Å². The SMILES string of the molecule is CCCCCCCCCCCCCC(=O)N/N=C\c1ccc([N+](=O)[O-])cc1. The second kappa shape index (κ2) is 14.9. The first-order valence-corrected chi connectivity index (χ1v) is 10.2. The Kier molecular flexibility index (Phi) is 12.6. The predicted molar refractivity (Wildman–Crippen MR) is 110 cm³/mol. The highest BCUT2D eigenvalue weighted by molar-refractivity contribution is 5.82. The van der Waals surface area contributed by atoms with E-state index in [0.29, 0.717) is 12.0 Å². The lowest BCUT2D eigenvalue weighted by Gasteiger charge is -2.02. The van der Waals surface area contributed by atoms with Gasteiger partial charge in [-0.05, 0) is 24.1 Å². The van der Waals surface area contributed by atoms with Crippen LogP contribution in [0.2, 0.25) is 0 Å². The van der Waals surface area contributed by atoms with E-state index in [-0.39, 0.29) is 11.6 Å². The van der Waals surface area contributed by atoms with E-state index in [2.05, 4.69) is 17.5 Å². The standard InChI is InChI=1S/C21H33N3O3/c1-2-3-4-5-6-7-8-9-10-11-12-13-21(25)23-22-18-19-14-16-20(17-15-19)24(26)27/h14-18H,2-13H2,1H3,(H,23,25)/b22-18-. The summed E-state index contributed by atoms with van der Waals surface area (Å²) in [6, 6.07) is 6.01. The fraction of sp³-hybridized carbons (Fsp3) is 0.619. The van der Waals surface area contributed by atoms with Crippen LogP contribution in [0.3, 0.4) is 0 Å². The fourth-order valence-corrected chi connectivity index (χ4v) is 2.87. The van der Waals surface area contributed by atoms with Gasteiger partial charge in [-0.3, -0.25) is 14.9 Å². The second-order valence-corrected chi connectivity index (χ2v) is 6.93. The fourth-order valence-electron chi connectivity index (χ4n) is 2.87. The van der Waals surface area contributed by atoms with Crippen molar-refractivity contribution in [3.05, 3.63) is 39.9 Å². The van der Waals surface area contributed by atoms with Gasteiger partial charge in [-0.1, -0.05) is 71.1 Å². The maximum atomic E-state index is 11.7. The average molecular weight is 376 g/mol. The average Bonchev–Trinajstić information content (AvgIpc) is 2.66. The minimum atomic E-state index is -0.448. The van der Waals surface area contributed by atoms with E-state index in [1.807, 2.05) is 0 Å². The van der Waals surface area contributed by atoms with Crippen molar-refractivity contribution in [2.75, 3.05) is 0 Å². The summed E-state index contributed by atoms with van der Waals surface area (Å²) in [5.74, 6) is -0.0934. The molecule has 1 rings (SSSR count). The highest BCUT2D eigenvalue weighted by atomic mass is 16.6. The van der Waals surface area contributed by atoms with E-state index in [4.69, 9.17) is 0 Å². The summed E-state index contributed by atoms with van der Waals surface area (Å²) in [5.41, 5.74) is 3.24. The Labute approximate surface area is 162 Å². The van der Waals surface area contributed by atoms with Crippen LogP contribution in [0.1, 0.15) is 89.5 Å². The second-order valence-electron chi connectivity index (χ2n) is 6.93. The molecule has 6 heteroatoms. The molecule has 27 heavy (non-hydrogen) atoms. The molecule has 1 aromatic rings. The van der Waals surface area contributed by atoms with Crippen LogP contribution in [0.15, 0.2) is 29.4 Å². The normalized spacial score (nSPS) is 11.0. The predicted octanol–water partition coefficient (Wildman–Crippen LogP) is 5.75. The number of nitrogens with one attached hydrogen (secondary N) is 1. The lowest BCUT2D eigenvalue weighted by Crippen LogP contribution is -2.16. The van der Waals surface area contributed by atoms with Gasteiger partial charge in [-0.2, -0.15) is 5.10 Å². The van der Waals surface area contributed by atoms with Gasteiger partial charge in [0, 0.05) is 18.6 Å². The summed E-state index contributed by atoms with van der Waals surface area (Å²) >= 11 is 0. The van der Waals surface area contributed by atoms with Gasteiger partial charge in [0.15, 0.2) is 0 Å². The maximum absolute atomic E-state index is 11.7. The summed E-state index contributed by atoms with van der Waals surface area (Å²) in [6.45, 7) is 2.24. The molecule has 0 saturated heterocycles. The zero-order valence-electron chi connectivity index (χ0n) is 16.5. The van der Waals surface area contributed by atoms with Gasteiger partial charge in [-0.25, -0.2) is 5.43 Å². The molecule has 0 spiro atoms. The minimum Gasteiger partial charge on any atom is -0.273 e. The summed E-state index contributed by atoms with van der Waals surface area (Å²) < 4.78 is 0. The van der Waals surface area contributed by atoms with Crippen molar-refractivity contribution in [1.82, 2.24) is 5.43 Å². The van der Waals surface area contributed by atoms with Gasteiger partial charge < -0.3 is 0 Å². The van der Waals surface area contributed by atoms with Crippen molar-refractivity contribution in [3.8, 4) is 0 Å². The van der Waals surface area contributed by atoms with E-state index in [9.17, 15) is 14.9 Å². The quantitative estimate of drug-likeness (QED) is 0.183. The van der Waals surface area contributed by atoms with Crippen LogP contribution in [0, 0.1) is 10.1 Å². The van der Waals surface area contributed by atoms with E-state index in [0.717, 1.165) is 12.8 Å². The molecule has 0 aliphatic heterocycles. The number of nitrogens with zero attached hydrogens (tertiary/aromatic N) is 2. The van der Waals surface area contributed by atoms with Crippen LogP contribution in [0.5, 0.6) is 0 Å². The summed E-state index contributed by atoms with van der Waals surface area (Å²) in [7, 11) is 0. The molecule has 0 heterocycles. The number of hydrogen-bond acceptors (Lipinski definition) is 4. The molecule has 0 aliphatic rings. The summed E-state index contributed by atoms with van der Waals surface area (Å²) in [5, 5.41) is 14.5. The number of rotatable bonds is 15. The largest absolute Gasteiger partial charge is 0.273 e. The Hall–Kier alpha value is -2.24. The molecule has 0 saturated carbocycles. The number of non-ortho nitro benzene ring substituents is 1. The van der Waals surface area contributed by atoms with Gasteiger partial charge in [-0.15, -0.1) is 0 Å². The van der Waals surface area contributed by atoms with E-state index in [1.165, 1.54) is 76.1 Å². The van der Waals surface area contributed by atoms with Crippen LogP contribution in [0.25, 0.3) is 0 Å². The monoisotopic (exact) mass is 375 g/mol. The Morgan fingerprint density at radius 2 is 1.48 bits per heavy atom. The number of amides is 1. The maximum Gasteiger partial charge on any atom is 0.269 e. The number of benzene rings is 1. The molecule has 0 bridgehead atoms. The number of nitro groups is 1. The van der Waals surface area contributed by atoms with Crippen molar-refractivity contribution >= 4 is 17.8 Å². The highest BCUT2D eigenvalue weighted by Crippen LogP contribution is 2.12. The smallest absolute Gasteiger partial charge is 0.269 e. The van der Waals surface area contributed by atoms with Crippen molar-refractivity contribution in [2.24, 2.45) is 5.10 Å². The lowest BCUT2D eigenvalue weighted by atomic mass is 10.1. The van der Waals surface area contributed by atoms with Gasteiger partial charge in [0.2, 0.25) is 5.91 Å². The third-order valence-electron chi connectivity index (χ3n) is 4.51. The molecular weight excluding hydrogens is 342 g/mol. The van der Waals surface area contributed by atoms with E-state index in [1.54, 1.807) is 12.1 Å². The first-order chi connectivity index (χ1) is 13.1. The molecule has 6 nitrogen and oxygen atoms in total. The van der Waals surface area contributed by atoms with Gasteiger partial charge in [0.05, 0.1) is 11.1 Å². The zero-order valence-corrected chi connectivity index (χ0v) is 16.5. The summed E-state index contributed by atoms with van der Waals surface area (Å²) in [4.78, 5) is 21.9. The van der Waals surface area contributed by atoms with Crippen molar-refractivity contribution in [1.29, 1.82) is 0 Å². The Morgan fingerprint density at radius 3 is 2.00 bits per heavy atom. The zero-order chi connectivity index (χ0) is 19.7. The molecule has 0 aliphatic carbocycles. The Balaban J connectivity index is 2.00. The van der Waals surface area contributed by atoms with Gasteiger partial charge >= 0.3 is 0 Å². The number of carbonyl (C=O) groups excluding carboxylic acids is 1. The lowest BCUT2D eigenvalue weighted by molar-refractivity contribution is -0.384. The molecule has 1 amide bonds. The molecule has 1 aromatic carbocycles. The first-order valence-electron chi connectivity index (χ1n) is 10.2. The number of unbranched alkanes of at least 4 members (excludes halogenated alkanes) is 10.